The first-order chi connectivity index (χ1) is 9.37. The van der Waals surface area contributed by atoms with Crippen LogP contribution in [-0.2, 0) is 4.79 Å². The van der Waals surface area contributed by atoms with Crippen molar-refractivity contribution in [1.29, 1.82) is 0 Å². The summed E-state index contributed by atoms with van der Waals surface area (Å²) < 4.78 is 37.6. The molecule has 1 heterocycles. The van der Waals surface area contributed by atoms with Gasteiger partial charge in [-0.15, -0.1) is 0 Å². The van der Waals surface area contributed by atoms with E-state index in [1.54, 1.807) is 0 Å². The molecule has 0 bridgehead atoms. The fraction of sp³-hybridized carbons (Fsp3) is 0.929. The number of hydrogen-bond donors (Lipinski definition) is 1. The quantitative estimate of drug-likeness (QED) is 0.844. The molecule has 1 saturated heterocycles. The first kappa shape index (κ1) is 15.6. The van der Waals surface area contributed by atoms with Crippen molar-refractivity contribution in [2.75, 3.05) is 19.6 Å². The van der Waals surface area contributed by atoms with Crippen LogP contribution in [0.15, 0.2) is 0 Å². The van der Waals surface area contributed by atoms with Crippen molar-refractivity contribution in [3.8, 4) is 0 Å². The number of nitrogens with zero attached hydrogens (tertiary/aromatic N) is 1. The predicted molar refractivity (Wildman–Crippen MR) is 70.2 cm³/mol. The van der Waals surface area contributed by atoms with E-state index in [-0.39, 0.29) is 24.3 Å². The highest BCUT2D eigenvalue weighted by atomic mass is 19.4. The zero-order valence-corrected chi connectivity index (χ0v) is 11.9. The zero-order chi connectivity index (χ0) is 14.8. The highest BCUT2D eigenvalue weighted by Gasteiger charge is 2.41. The van der Waals surface area contributed by atoms with Crippen molar-refractivity contribution in [1.82, 2.24) is 10.2 Å². The van der Waals surface area contributed by atoms with Gasteiger partial charge in [0.2, 0.25) is 5.91 Å². The second kappa shape index (κ2) is 6.33. The Morgan fingerprint density at radius 3 is 2.55 bits per heavy atom. The van der Waals surface area contributed by atoms with Crippen LogP contribution < -0.4 is 5.32 Å². The number of carbonyl (C=O) groups excluding carboxylic acids is 1. The van der Waals surface area contributed by atoms with Gasteiger partial charge in [0.25, 0.3) is 0 Å². The maximum absolute atomic E-state index is 12.5. The third-order valence-corrected chi connectivity index (χ3v) is 4.29. The molecule has 3 nitrogen and oxygen atoms in total. The predicted octanol–water partition coefficient (Wildman–Crippen LogP) is 2.57. The summed E-state index contributed by atoms with van der Waals surface area (Å²) in [6.45, 7) is 2.76. The molecule has 2 fully saturated rings. The van der Waals surface area contributed by atoms with Crippen LogP contribution in [0.5, 0.6) is 0 Å². The summed E-state index contributed by atoms with van der Waals surface area (Å²) in [5, 5.41) is 3.29. The summed E-state index contributed by atoms with van der Waals surface area (Å²) in [5.74, 6) is 0.215. The monoisotopic (exact) mass is 292 g/mol. The van der Waals surface area contributed by atoms with Gasteiger partial charge in [0, 0.05) is 12.5 Å². The molecule has 116 valence electrons. The maximum atomic E-state index is 12.5. The van der Waals surface area contributed by atoms with E-state index in [2.05, 4.69) is 5.32 Å². The summed E-state index contributed by atoms with van der Waals surface area (Å²) in [6, 6.07) is -0.180. The van der Waals surface area contributed by atoms with Crippen LogP contribution in [0.3, 0.4) is 0 Å². The second-order valence-electron chi connectivity index (χ2n) is 6.16. The Balaban J connectivity index is 1.87. The van der Waals surface area contributed by atoms with Crippen LogP contribution in [0, 0.1) is 11.8 Å². The molecular weight excluding hydrogens is 269 g/mol. The Hall–Kier alpha value is -0.780. The molecular formula is C14H23F3N2O. The first-order valence-corrected chi connectivity index (χ1v) is 7.44. The average molecular weight is 292 g/mol. The van der Waals surface area contributed by atoms with Gasteiger partial charge >= 0.3 is 6.18 Å². The Morgan fingerprint density at radius 1 is 1.35 bits per heavy atom. The number of alkyl halides is 3. The fourth-order valence-electron chi connectivity index (χ4n) is 2.92. The zero-order valence-electron chi connectivity index (χ0n) is 11.9. The minimum absolute atomic E-state index is 0.143. The summed E-state index contributed by atoms with van der Waals surface area (Å²) in [4.78, 5) is 13.2. The van der Waals surface area contributed by atoms with E-state index in [0.717, 1.165) is 30.8 Å². The summed E-state index contributed by atoms with van der Waals surface area (Å²) in [7, 11) is 0. The van der Waals surface area contributed by atoms with E-state index >= 15 is 0 Å². The molecule has 0 aromatic carbocycles. The van der Waals surface area contributed by atoms with E-state index in [1.807, 2.05) is 6.92 Å². The number of piperidine rings is 1. The number of halogens is 3. The van der Waals surface area contributed by atoms with Crippen molar-refractivity contribution >= 4 is 5.91 Å². The number of carbonyl (C=O) groups is 1. The normalized spacial score (nSPS) is 25.3. The number of rotatable bonds is 5. The Morgan fingerprint density at radius 2 is 2.05 bits per heavy atom. The Kier molecular flexibility index (Phi) is 4.94. The van der Waals surface area contributed by atoms with Crippen LogP contribution >= 0.6 is 0 Å². The van der Waals surface area contributed by atoms with E-state index < -0.39 is 12.7 Å². The maximum Gasteiger partial charge on any atom is 0.406 e. The minimum atomic E-state index is -4.30. The molecule has 20 heavy (non-hydrogen) atoms. The Bertz CT molecular complexity index is 336. The fourth-order valence-corrected chi connectivity index (χ4v) is 2.92. The first-order valence-electron chi connectivity index (χ1n) is 7.44. The molecule has 0 aromatic rings. The van der Waals surface area contributed by atoms with Gasteiger partial charge in [0.1, 0.15) is 6.54 Å². The smallest absolute Gasteiger partial charge is 0.331 e. The van der Waals surface area contributed by atoms with Crippen molar-refractivity contribution in [2.45, 2.75) is 51.2 Å². The molecule has 2 rings (SSSR count). The lowest BCUT2D eigenvalue weighted by molar-refractivity contribution is -0.163. The van der Waals surface area contributed by atoms with Crippen LogP contribution in [0.4, 0.5) is 13.2 Å². The molecule has 0 radical (unpaired) electrons. The molecule has 0 aromatic heterocycles. The lowest BCUT2D eigenvalue weighted by Crippen LogP contribution is -2.42. The third-order valence-electron chi connectivity index (χ3n) is 4.29. The van der Waals surface area contributed by atoms with Gasteiger partial charge in [-0.3, -0.25) is 4.79 Å². The standard InChI is InChI=1S/C14H23F3N2O/c1-10(11-3-2-6-18-8-11)7-13(20)19(12-4-5-12)9-14(15,16)17/h10-12,18H,2-9H2,1H3. The molecule has 2 unspecified atom stereocenters. The molecule has 6 heteroatoms. The van der Waals surface area contributed by atoms with Gasteiger partial charge in [-0.05, 0) is 50.6 Å². The highest BCUT2D eigenvalue weighted by molar-refractivity contribution is 5.77. The largest absolute Gasteiger partial charge is 0.406 e. The lowest BCUT2D eigenvalue weighted by Gasteiger charge is -2.30. The molecule has 2 aliphatic rings. The van der Waals surface area contributed by atoms with Crippen molar-refractivity contribution in [3.05, 3.63) is 0 Å². The molecule has 1 amide bonds. The summed E-state index contributed by atoms with van der Waals surface area (Å²) in [6.07, 6.45) is -0.503. The highest BCUT2D eigenvalue weighted by Crippen LogP contribution is 2.32. The van der Waals surface area contributed by atoms with Gasteiger partial charge in [-0.2, -0.15) is 13.2 Å². The van der Waals surface area contributed by atoms with Crippen molar-refractivity contribution < 1.29 is 18.0 Å². The van der Waals surface area contributed by atoms with Gasteiger partial charge < -0.3 is 10.2 Å². The lowest BCUT2D eigenvalue weighted by atomic mass is 9.85. The summed E-state index contributed by atoms with van der Waals surface area (Å²) >= 11 is 0. The number of hydrogen-bond acceptors (Lipinski definition) is 2. The number of amides is 1. The third kappa shape index (κ3) is 4.65. The van der Waals surface area contributed by atoms with Gasteiger partial charge in [-0.25, -0.2) is 0 Å². The van der Waals surface area contributed by atoms with Gasteiger partial charge in [-0.1, -0.05) is 6.92 Å². The van der Waals surface area contributed by atoms with E-state index in [4.69, 9.17) is 0 Å². The van der Waals surface area contributed by atoms with Gasteiger partial charge in [0.05, 0.1) is 0 Å². The molecule has 1 aliphatic carbocycles. The molecule has 2 atom stereocenters. The van der Waals surface area contributed by atoms with Crippen LogP contribution in [-0.4, -0.2) is 42.7 Å². The van der Waals surface area contributed by atoms with Crippen molar-refractivity contribution in [2.24, 2.45) is 11.8 Å². The number of nitrogens with one attached hydrogen (secondary N) is 1. The second-order valence-corrected chi connectivity index (χ2v) is 6.16. The minimum Gasteiger partial charge on any atom is -0.331 e. The Labute approximate surface area is 117 Å². The topological polar surface area (TPSA) is 32.3 Å². The van der Waals surface area contributed by atoms with Crippen LogP contribution in [0.1, 0.15) is 39.0 Å². The van der Waals surface area contributed by atoms with E-state index in [9.17, 15) is 18.0 Å². The SMILES string of the molecule is CC(CC(=O)N(CC(F)(F)F)C1CC1)C1CCCNC1. The van der Waals surface area contributed by atoms with E-state index in [1.165, 1.54) is 0 Å². The average Bonchev–Trinajstić information content (AvgIpc) is 3.20. The molecule has 0 spiro atoms. The van der Waals surface area contributed by atoms with E-state index in [0.29, 0.717) is 18.8 Å². The van der Waals surface area contributed by atoms with Gasteiger partial charge in [0.15, 0.2) is 0 Å². The van der Waals surface area contributed by atoms with Crippen LogP contribution in [0.25, 0.3) is 0 Å². The summed E-state index contributed by atoms with van der Waals surface area (Å²) in [5.41, 5.74) is 0. The van der Waals surface area contributed by atoms with Crippen molar-refractivity contribution in [3.63, 3.8) is 0 Å². The molecule has 1 aliphatic heterocycles. The molecule has 1 N–H and O–H groups in total. The van der Waals surface area contributed by atoms with Crippen LogP contribution in [0.2, 0.25) is 0 Å². The molecule has 1 saturated carbocycles.